The van der Waals surface area contributed by atoms with Crippen molar-refractivity contribution in [3.8, 4) is 0 Å². The molecule has 1 N–H and O–H groups in total. The molecule has 104 valence electrons. The normalized spacial score (nSPS) is 13.2. The Hall–Kier alpha value is -0.830. The van der Waals surface area contributed by atoms with Gasteiger partial charge in [-0.25, -0.2) is 0 Å². The van der Waals surface area contributed by atoms with Crippen LogP contribution in [-0.2, 0) is 7.05 Å². The number of hydrogen-bond acceptors (Lipinski definition) is 2. The average Bonchev–Trinajstić information content (AvgIpc) is 2.77. The van der Waals surface area contributed by atoms with Gasteiger partial charge in [0.15, 0.2) is 0 Å². The number of nitrogens with zero attached hydrogens (tertiary/aromatic N) is 2. The maximum absolute atomic E-state index is 4.32. The molecular formula is C15H29N3. The van der Waals surface area contributed by atoms with E-state index in [1.165, 1.54) is 37.8 Å². The molecule has 1 unspecified atom stereocenters. The molecule has 1 rings (SSSR count). The Balaban J connectivity index is 2.84. The predicted molar refractivity (Wildman–Crippen MR) is 77.5 cm³/mol. The van der Waals surface area contributed by atoms with Gasteiger partial charge in [0.1, 0.15) is 0 Å². The third-order valence-electron chi connectivity index (χ3n) is 3.58. The first-order valence-corrected chi connectivity index (χ1v) is 7.45. The highest BCUT2D eigenvalue weighted by Crippen LogP contribution is 2.29. The SMILES string of the molecule is CCCNC(c1ccnn1C)C(CCC)CCC. The third-order valence-corrected chi connectivity index (χ3v) is 3.58. The van der Waals surface area contributed by atoms with E-state index in [1.54, 1.807) is 0 Å². The van der Waals surface area contributed by atoms with E-state index in [0.717, 1.165) is 12.5 Å². The predicted octanol–water partition coefficient (Wildman–Crippen LogP) is 3.68. The van der Waals surface area contributed by atoms with Crippen LogP contribution >= 0.6 is 0 Å². The highest BCUT2D eigenvalue weighted by molar-refractivity contribution is 5.08. The Bertz CT molecular complexity index is 313. The molecule has 0 fully saturated rings. The summed E-state index contributed by atoms with van der Waals surface area (Å²) in [6.45, 7) is 7.87. The first kappa shape index (κ1) is 15.2. The first-order chi connectivity index (χ1) is 8.74. The van der Waals surface area contributed by atoms with Crippen molar-refractivity contribution in [1.29, 1.82) is 0 Å². The molecule has 0 radical (unpaired) electrons. The lowest BCUT2D eigenvalue weighted by molar-refractivity contribution is 0.304. The topological polar surface area (TPSA) is 29.9 Å². The molecule has 0 aliphatic heterocycles. The summed E-state index contributed by atoms with van der Waals surface area (Å²) in [5.41, 5.74) is 1.33. The summed E-state index contributed by atoms with van der Waals surface area (Å²) < 4.78 is 2.02. The summed E-state index contributed by atoms with van der Waals surface area (Å²) in [7, 11) is 2.05. The molecule has 0 aromatic carbocycles. The number of aryl methyl sites for hydroxylation is 1. The van der Waals surface area contributed by atoms with Gasteiger partial charge in [-0.2, -0.15) is 5.10 Å². The molecule has 0 aliphatic rings. The Morgan fingerprint density at radius 1 is 1.17 bits per heavy atom. The Kier molecular flexibility index (Phi) is 7.02. The zero-order valence-corrected chi connectivity index (χ0v) is 12.4. The lowest BCUT2D eigenvalue weighted by Gasteiger charge is -2.28. The molecule has 18 heavy (non-hydrogen) atoms. The van der Waals surface area contributed by atoms with Gasteiger partial charge in [-0.1, -0.05) is 33.6 Å². The molecule has 0 aliphatic carbocycles. The number of hydrogen-bond donors (Lipinski definition) is 1. The summed E-state index contributed by atoms with van der Waals surface area (Å²) in [5, 5.41) is 8.05. The highest BCUT2D eigenvalue weighted by Gasteiger charge is 2.23. The van der Waals surface area contributed by atoms with Crippen LogP contribution in [-0.4, -0.2) is 16.3 Å². The second-order valence-electron chi connectivity index (χ2n) is 5.15. The Morgan fingerprint density at radius 3 is 2.28 bits per heavy atom. The standard InChI is InChI=1S/C15H29N3/c1-5-8-13(9-6-2)15(16-11-7-3)14-10-12-17-18(14)4/h10,12-13,15-16H,5-9,11H2,1-4H3. The van der Waals surface area contributed by atoms with E-state index in [-0.39, 0.29) is 0 Å². The van der Waals surface area contributed by atoms with Crippen LogP contribution in [0, 0.1) is 5.92 Å². The van der Waals surface area contributed by atoms with Gasteiger partial charge in [-0.05, 0) is 37.8 Å². The summed E-state index contributed by atoms with van der Waals surface area (Å²) in [6.07, 6.45) is 8.19. The largest absolute Gasteiger partial charge is 0.308 e. The van der Waals surface area contributed by atoms with Gasteiger partial charge in [0.25, 0.3) is 0 Å². The van der Waals surface area contributed by atoms with Gasteiger partial charge in [-0.3, -0.25) is 4.68 Å². The van der Waals surface area contributed by atoms with E-state index in [0.29, 0.717) is 6.04 Å². The van der Waals surface area contributed by atoms with Crippen LogP contribution in [0.3, 0.4) is 0 Å². The van der Waals surface area contributed by atoms with Crippen molar-refractivity contribution in [3.05, 3.63) is 18.0 Å². The minimum absolute atomic E-state index is 0.456. The second kappa shape index (κ2) is 8.30. The molecule has 1 atom stereocenters. The maximum Gasteiger partial charge on any atom is 0.0553 e. The van der Waals surface area contributed by atoms with E-state index >= 15 is 0 Å². The fourth-order valence-electron chi connectivity index (χ4n) is 2.72. The molecule has 0 saturated carbocycles. The lowest BCUT2D eigenvalue weighted by atomic mass is 9.88. The summed E-state index contributed by atoms with van der Waals surface area (Å²) in [4.78, 5) is 0. The Morgan fingerprint density at radius 2 is 1.83 bits per heavy atom. The molecule has 3 nitrogen and oxygen atoms in total. The van der Waals surface area contributed by atoms with Crippen LogP contribution in [0.2, 0.25) is 0 Å². The molecule has 0 amide bonds. The smallest absolute Gasteiger partial charge is 0.0553 e. The highest BCUT2D eigenvalue weighted by atomic mass is 15.3. The van der Waals surface area contributed by atoms with Gasteiger partial charge < -0.3 is 5.32 Å². The van der Waals surface area contributed by atoms with Gasteiger partial charge >= 0.3 is 0 Å². The van der Waals surface area contributed by atoms with Gasteiger partial charge in [0, 0.05) is 13.2 Å². The van der Waals surface area contributed by atoms with Crippen molar-refractivity contribution in [2.45, 2.75) is 58.9 Å². The number of aromatic nitrogens is 2. The van der Waals surface area contributed by atoms with Gasteiger partial charge in [0.2, 0.25) is 0 Å². The zero-order chi connectivity index (χ0) is 13.4. The fourth-order valence-corrected chi connectivity index (χ4v) is 2.72. The van der Waals surface area contributed by atoms with Crippen molar-refractivity contribution >= 4 is 0 Å². The maximum atomic E-state index is 4.32. The van der Waals surface area contributed by atoms with Crippen molar-refractivity contribution in [3.63, 3.8) is 0 Å². The lowest BCUT2D eigenvalue weighted by Crippen LogP contribution is -2.30. The minimum atomic E-state index is 0.456. The van der Waals surface area contributed by atoms with Crippen molar-refractivity contribution in [2.24, 2.45) is 13.0 Å². The Labute approximate surface area is 112 Å². The molecule has 0 bridgehead atoms. The number of nitrogens with one attached hydrogen (secondary N) is 1. The van der Waals surface area contributed by atoms with Crippen molar-refractivity contribution in [2.75, 3.05) is 6.54 Å². The van der Waals surface area contributed by atoms with E-state index in [4.69, 9.17) is 0 Å². The third kappa shape index (κ3) is 4.13. The molecule has 0 spiro atoms. The van der Waals surface area contributed by atoms with E-state index in [2.05, 4.69) is 37.3 Å². The van der Waals surface area contributed by atoms with E-state index in [9.17, 15) is 0 Å². The molecular weight excluding hydrogens is 222 g/mol. The van der Waals surface area contributed by atoms with Crippen LogP contribution in [0.1, 0.15) is 64.6 Å². The van der Waals surface area contributed by atoms with Crippen LogP contribution < -0.4 is 5.32 Å². The quantitative estimate of drug-likeness (QED) is 0.725. The fraction of sp³-hybridized carbons (Fsp3) is 0.800. The summed E-state index contributed by atoms with van der Waals surface area (Å²) in [6, 6.07) is 2.61. The monoisotopic (exact) mass is 251 g/mol. The van der Waals surface area contributed by atoms with Crippen LogP contribution in [0.25, 0.3) is 0 Å². The minimum Gasteiger partial charge on any atom is -0.308 e. The summed E-state index contributed by atoms with van der Waals surface area (Å²) in [5.74, 6) is 0.724. The molecule has 3 heteroatoms. The molecule has 1 heterocycles. The summed E-state index contributed by atoms with van der Waals surface area (Å²) >= 11 is 0. The first-order valence-electron chi connectivity index (χ1n) is 7.45. The van der Waals surface area contributed by atoms with Gasteiger partial charge in [-0.15, -0.1) is 0 Å². The average molecular weight is 251 g/mol. The number of rotatable bonds is 9. The van der Waals surface area contributed by atoms with Crippen molar-refractivity contribution in [1.82, 2.24) is 15.1 Å². The van der Waals surface area contributed by atoms with Crippen LogP contribution in [0.15, 0.2) is 12.3 Å². The molecule has 1 aromatic heterocycles. The molecule has 1 aromatic rings. The zero-order valence-electron chi connectivity index (χ0n) is 12.4. The van der Waals surface area contributed by atoms with Crippen LogP contribution in [0.5, 0.6) is 0 Å². The van der Waals surface area contributed by atoms with Gasteiger partial charge in [0.05, 0.1) is 11.7 Å². The molecule has 0 saturated heterocycles. The van der Waals surface area contributed by atoms with Crippen molar-refractivity contribution < 1.29 is 0 Å². The van der Waals surface area contributed by atoms with E-state index < -0.39 is 0 Å². The van der Waals surface area contributed by atoms with Crippen LogP contribution in [0.4, 0.5) is 0 Å². The second-order valence-corrected chi connectivity index (χ2v) is 5.15. The van der Waals surface area contributed by atoms with E-state index in [1.807, 2.05) is 17.9 Å².